The number of fused-ring (bicyclic) bond motifs is 1. The maximum absolute atomic E-state index is 5.59. The van der Waals surface area contributed by atoms with E-state index in [9.17, 15) is 0 Å². The SMILES string of the molecule is C1COC(CNCC2CC3CC3C2)C1. The van der Waals surface area contributed by atoms with Gasteiger partial charge in [0, 0.05) is 13.2 Å². The van der Waals surface area contributed by atoms with E-state index in [1.807, 2.05) is 0 Å². The second kappa shape index (κ2) is 3.82. The van der Waals surface area contributed by atoms with Crippen LogP contribution in [0.5, 0.6) is 0 Å². The molecule has 3 atom stereocenters. The Kier molecular flexibility index (Phi) is 2.50. The summed E-state index contributed by atoms with van der Waals surface area (Å²) in [6.45, 7) is 3.32. The zero-order valence-electron chi connectivity index (χ0n) is 8.87. The Balaban J connectivity index is 1.30. The molecule has 80 valence electrons. The van der Waals surface area contributed by atoms with E-state index in [0.29, 0.717) is 6.10 Å². The van der Waals surface area contributed by atoms with Gasteiger partial charge in [0.05, 0.1) is 6.10 Å². The highest BCUT2D eigenvalue weighted by Gasteiger charge is 2.45. The minimum atomic E-state index is 0.519. The van der Waals surface area contributed by atoms with Crippen LogP contribution in [0.1, 0.15) is 32.1 Å². The lowest BCUT2D eigenvalue weighted by Crippen LogP contribution is -2.30. The third kappa shape index (κ3) is 1.96. The largest absolute Gasteiger partial charge is 0.377 e. The second-order valence-electron chi connectivity index (χ2n) is 5.39. The van der Waals surface area contributed by atoms with Crippen LogP contribution in [0.15, 0.2) is 0 Å². The van der Waals surface area contributed by atoms with Crippen LogP contribution in [0, 0.1) is 17.8 Å². The van der Waals surface area contributed by atoms with Crippen molar-refractivity contribution in [1.82, 2.24) is 5.32 Å². The van der Waals surface area contributed by atoms with Crippen LogP contribution in [0.4, 0.5) is 0 Å². The molecular formula is C12H21NO. The standard InChI is InChI=1S/C12H21NO/c1-2-12(14-3-1)8-13-7-9-4-10-6-11(10)5-9/h9-13H,1-8H2. The summed E-state index contributed by atoms with van der Waals surface area (Å²) >= 11 is 0. The summed E-state index contributed by atoms with van der Waals surface area (Å²) in [4.78, 5) is 0. The number of ether oxygens (including phenoxy) is 1. The van der Waals surface area contributed by atoms with Crippen molar-refractivity contribution >= 4 is 0 Å². The molecule has 3 unspecified atom stereocenters. The lowest BCUT2D eigenvalue weighted by molar-refractivity contribution is 0.109. The van der Waals surface area contributed by atoms with Crippen LogP contribution in [-0.4, -0.2) is 25.8 Å². The summed E-state index contributed by atoms with van der Waals surface area (Å²) < 4.78 is 5.59. The van der Waals surface area contributed by atoms with Crippen molar-refractivity contribution in [3.8, 4) is 0 Å². The number of hydrogen-bond donors (Lipinski definition) is 1. The first-order chi connectivity index (χ1) is 6.92. The first kappa shape index (κ1) is 9.17. The molecule has 2 heteroatoms. The molecule has 3 fully saturated rings. The monoisotopic (exact) mass is 195 g/mol. The molecular weight excluding hydrogens is 174 g/mol. The Morgan fingerprint density at radius 2 is 1.93 bits per heavy atom. The average molecular weight is 195 g/mol. The molecule has 2 nitrogen and oxygen atoms in total. The molecule has 0 bridgehead atoms. The highest BCUT2D eigenvalue weighted by atomic mass is 16.5. The van der Waals surface area contributed by atoms with E-state index in [1.165, 1.54) is 32.2 Å². The Morgan fingerprint density at radius 1 is 1.07 bits per heavy atom. The predicted molar refractivity (Wildman–Crippen MR) is 56.2 cm³/mol. The van der Waals surface area contributed by atoms with Gasteiger partial charge >= 0.3 is 0 Å². The molecule has 1 saturated heterocycles. The summed E-state index contributed by atoms with van der Waals surface area (Å²) in [5.41, 5.74) is 0. The molecule has 3 rings (SSSR count). The van der Waals surface area contributed by atoms with Crippen LogP contribution >= 0.6 is 0 Å². The Labute approximate surface area is 86.4 Å². The summed E-state index contributed by atoms with van der Waals surface area (Å²) in [5.74, 6) is 3.24. The number of hydrogen-bond acceptors (Lipinski definition) is 2. The zero-order chi connectivity index (χ0) is 9.38. The molecule has 0 spiro atoms. The maximum Gasteiger partial charge on any atom is 0.0700 e. The van der Waals surface area contributed by atoms with Gasteiger partial charge in [-0.05, 0) is 56.4 Å². The highest BCUT2D eigenvalue weighted by Crippen LogP contribution is 2.54. The van der Waals surface area contributed by atoms with Gasteiger partial charge in [0.1, 0.15) is 0 Å². The molecule has 0 aromatic heterocycles. The van der Waals surface area contributed by atoms with E-state index in [1.54, 1.807) is 6.42 Å². The molecule has 2 saturated carbocycles. The summed E-state index contributed by atoms with van der Waals surface area (Å²) in [6, 6.07) is 0. The fourth-order valence-corrected chi connectivity index (χ4v) is 3.26. The predicted octanol–water partition coefficient (Wildman–Crippen LogP) is 1.80. The van der Waals surface area contributed by atoms with Gasteiger partial charge in [0.15, 0.2) is 0 Å². The molecule has 0 aromatic carbocycles. The van der Waals surface area contributed by atoms with E-state index in [0.717, 1.165) is 30.9 Å². The third-order valence-electron chi connectivity index (χ3n) is 4.17. The van der Waals surface area contributed by atoms with Crippen molar-refractivity contribution in [2.45, 2.75) is 38.2 Å². The molecule has 1 heterocycles. The molecule has 14 heavy (non-hydrogen) atoms. The Hall–Kier alpha value is -0.0800. The smallest absolute Gasteiger partial charge is 0.0700 e. The van der Waals surface area contributed by atoms with Crippen LogP contribution < -0.4 is 5.32 Å². The average Bonchev–Trinajstić information content (AvgIpc) is 2.69. The Morgan fingerprint density at radius 3 is 2.64 bits per heavy atom. The molecule has 0 amide bonds. The van der Waals surface area contributed by atoms with E-state index in [-0.39, 0.29) is 0 Å². The number of nitrogens with one attached hydrogen (secondary N) is 1. The van der Waals surface area contributed by atoms with Gasteiger partial charge in [-0.2, -0.15) is 0 Å². The van der Waals surface area contributed by atoms with Crippen LogP contribution in [0.2, 0.25) is 0 Å². The molecule has 1 aliphatic heterocycles. The highest BCUT2D eigenvalue weighted by molar-refractivity contribution is 4.96. The lowest BCUT2D eigenvalue weighted by Gasteiger charge is -2.15. The summed E-state index contributed by atoms with van der Waals surface area (Å²) in [6.07, 6.45) is 7.60. The van der Waals surface area contributed by atoms with E-state index in [2.05, 4.69) is 5.32 Å². The van der Waals surface area contributed by atoms with Gasteiger partial charge in [0.2, 0.25) is 0 Å². The van der Waals surface area contributed by atoms with Crippen molar-refractivity contribution in [2.75, 3.05) is 19.7 Å². The molecule has 2 aliphatic carbocycles. The normalized spacial score (nSPS) is 45.4. The summed E-state index contributed by atoms with van der Waals surface area (Å²) in [5, 5.41) is 3.59. The second-order valence-corrected chi connectivity index (χ2v) is 5.39. The topological polar surface area (TPSA) is 21.3 Å². The minimum Gasteiger partial charge on any atom is -0.377 e. The first-order valence-electron chi connectivity index (χ1n) is 6.24. The van der Waals surface area contributed by atoms with E-state index < -0.39 is 0 Å². The van der Waals surface area contributed by atoms with Crippen molar-refractivity contribution in [3.05, 3.63) is 0 Å². The molecule has 0 aromatic rings. The van der Waals surface area contributed by atoms with Crippen LogP contribution in [0.3, 0.4) is 0 Å². The van der Waals surface area contributed by atoms with Gasteiger partial charge in [-0.3, -0.25) is 0 Å². The Bertz CT molecular complexity index is 190. The minimum absolute atomic E-state index is 0.519. The van der Waals surface area contributed by atoms with E-state index in [4.69, 9.17) is 4.74 Å². The van der Waals surface area contributed by atoms with Gasteiger partial charge in [0.25, 0.3) is 0 Å². The van der Waals surface area contributed by atoms with Crippen molar-refractivity contribution in [2.24, 2.45) is 17.8 Å². The van der Waals surface area contributed by atoms with Crippen molar-refractivity contribution < 1.29 is 4.74 Å². The number of rotatable bonds is 4. The lowest BCUT2D eigenvalue weighted by atomic mass is 10.0. The maximum atomic E-state index is 5.59. The van der Waals surface area contributed by atoms with Gasteiger partial charge in [-0.1, -0.05) is 0 Å². The van der Waals surface area contributed by atoms with Crippen molar-refractivity contribution in [1.29, 1.82) is 0 Å². The van der Waals surface area contributed by atoms with Gasteiger partial charge in [-0.25, -0.2) is 0 Å². The molecule has 3 aliphatic rings. The third-order valence-corrected chi connectivity index (χ3v) is 4.17. The van der Waals surface area contributed by atoms with Crippen molar-refractivity contribution in [3.63, 3.8) is 0 Å². The first-order valence-corrected chi connectivity index (χ1v) is 6.24. The fraction of sp³-hybridized carbons (Fsp3) is 1.00. The quantitative estimate of drug-likeness (QED) is 0.738. The molecule has 0 radical (unpaired) electrons. The van der Waals surface area contributed by atoms with Crippen LogP contribution in [0.25, 0.3) is 0 Å². The van der Waals surface area contributed by atoms with E-state index >= 15 is 0 Å². The van der Waals surface area contributed by atoms with Gasteiger partial charge in [-0.15, -0.1) is 0 Å². The fourth-order valence-electron chi connectivity index (χ4n) is 3.26. The van der Waals surface area contributed by atoms with Gasteiger partial charge < -0.3 is 10.1 Å². The zero-order valence-corrected chi connectivity index (χ0v) is 8.87. The summed E-state index contributed by atoms with van der Waals surface area (Å²) in [7, 11) is 0. The molecule has 1 N–H and O–H groups in total. The van der Waals surface area contributed by atoms with Crippen LogP contribution in [-0.2, 0) is 4.74 Å².